The van der Waals surface area contributed by atoms with E-state index in [1.807, 2.05) is 12.1 Å². The van der Waals surface area contributed by atoms with Crippen LogP contribution < -0.4 is 15.2 Å². The molecule has 1 aliphatic heterocycles. The molecule has 11 heteroatoms. The molecule has 2 heterocycles. The highest BCUT2D eigenvalue weighted by atomic mass is 32.2. The first kappa shape index (κ1) is 23.8. The average molecular weight is 491 g/mol. The number of benzene rings is 2. The number of aromatic nitrogens is 1. The van der Waals surface area contributed by atoms with Crippen LogP contribution in [-0.4, -0.2) is 57.2 Å². The third-order valence-electron chi connectivity index (χ3n) is 5.90. The van der Waals surface area contributed by atoms with E-state index in [1.54, 1.807) is 27.2 Å². The fourth-order valence-electron chi connectivity index (χ4n) is 4.20. The van der Waals surface area contributed by atoms with Gasteiger partial charge in [-0.3, -0.25) is 9.36 Å². The number of rotatable bonds is 8. The highest BCUT2D eigenvalue weighted by Crippen LogP contribution is 2.38. The number of ether oxygens (including phenoxy) is 3. The molecule has 0 saturated carbocycles. The van der Waals surface area contributed by atoms with E-state index in [-0.39, 0.29) is 36.1 Å². The molecule has 1 saturated heterocycles. The van der Waals surface area contributed by atoms with Crippen LogP contribution in [0.1, 0.15) is 24.8 Å². The molecule has 0 radical (unpaired) electrons. The second-order valence-corrected chi connectivity index (χ2v) is 9.78. The van der Waals surface area contributed by atoms with E-state index in [1.165, 1.54) is 22.5 Å². The number of sulfonamides is 1. The Hall–Kier alpha value is -3.31. The van der Waals surface area contributed by atoms with Gasteiger partial charge in [-0.05, 0) is 43.7 Å². The molecular formula is C23H26N2O8S. The summed E-state index contributed by atoms with van der Waals surface area (Å²) in [6.45, 7) is 2.14. The molecule has 1 atom stereocenters. The number of hydrogen-bond donors (Lipinski definition) is 0. The first-order valence-electron chi connectivity index (χ1n) is 10.8. The third-order valence-corrected chi connectivity index (χ3v) is 7.76. The van der Waals surface area contributed by atoms with Crippen molar-refractivity contribution in [2.24, 2.45) is 0 Å². The van der Waals surface area contributed by atoms with Crippen molar-refractivity contribution in [2.75, 3.05) is 33.9 Å². The first-order valence-corrected chi connectivity index (χ1v) is 12.2. The van der Waals surface area contributed by atoms with Crippen LogP contribution >= 0.6 is 0 Å². The maximum atomic E-state index is 13.4. The molecule has 0 aliphatic carbocycles. The zero-order valence-corrected chi connectivity index (χ0v) is 20.0. The van der Waals surface area contributed by atoms with Crippen LogP contribution in [0.2, 0.25) is 0 Å². The van der Waals surface area contributed by atoms with Crippen LogP contribution in [0, 0.1) is 0 Å². The Morgan fingerprint density at radius 1 is 1.15 bits per heavy atom. The molecule has 10 nitrogen and oxygen atoms in total. The minimum absolute atomic E-state index is 0.00953. The monoisotopic (exact) mass is 490 g/mol. The van der Waals surface area contributed by atoms with Crippen LogP contribution in [0.15, 0.2) is 50.5 Å². The van der Waals surface area contributed by atoms with Crippen molar-refractivity contribution in [1.29, 1.82) is 0 Å². The van der Waals surface area contributed by atoms with Crippen molar-refractivity contribution in [3.05, 3.63) is 52.5 Å². The number of hydrogen-bond acceptors (Lipinski definition) is 8. The fourth-order valence-corrected chi connectivity index (χ4v) is 5.72. The minimum Gasteiger partial charge on any atom is -0.497 e. The third kappa shape index (κ3) is 4.40. The van der Waals surface area contributed by atoms with Gasteiger partial charge in [0, 0.05) is 30.6 Å². The molecule has 34 heavy (non-hydrogen) atoms. The van der Waals surface area contributed by atoms with Crippen LogP contribution in [0.4, 0.5) is 0 Å². The molecule has 0 bridgehead atoms. The second-order valence-electron chi connectivity index (χ2n) is 7.85. The van der Waals surface area contributed by atoms with E-state index in [4.69, 9.17) is 18.6 Å². The number of methoxy groups -OCH3 is 2. The standard InChI is InChI=1S/C23H26N2O8S/c1-4-32-22(26)14-25-19-7-6-17(12-21(19)33-23(25)27)34(28,29)24-10-9-15(13-24)18-11-16(30-2)5-8-20(18)31-3/h5-8,11-12,15H,4,9-10,13-14H2,1-3H3/t15-/m1/s1. The lowest BCUT2D eigenvalue weighted by atomic mass is 9.97. The van der Waals surface area contributed by atoms with Gasteiger partial charge in [-0.15, -0.1) is 0 Å². The minimum atomic E-state index is -3.84. The van der Waals surface area contributed by atoms with E-state index in [2.05, 4.69) is 0 Å². The Morgan fingerprint density at radius 3 is 2.65 bits per heavy atom. The van der Waals surface area contributed by atoms with Crippen molar-refractivity contribution in [3.8, 4) is 11.5 Å². The smallest absolute Gasteiger partial charge is 0.420 e. The van der Waals surface area contributed by atoms with Crippen molar-refractivity contribution in [1.82, 2.24) is 8.87 Å². The van der Waals surface area contributed by atoms with Gasteiger partial charge in [-0.1, -0.05) is 0 Å². The maximum absolute atomic E-state index is 13.4. The number of esters is 1. The zero-order valence-electron chi connectivity index (χ0n) is 19.1. The molecule has 0 amide bonds. The second kappa shape index (κ2) is 9.51. The topological polar surface area (TPSA) is 117 Å². The van der Waals surface area contributed by atoms with Crippen molar-refractivity contribution < 1.29 is 31.8 Å². The molecule has 0 N–H and O–H groups in total. The summed E-state index contributed by atoms with van der Waals surface area (Å²) in [6, 6.07) is 9.66. The van der Waals surface area contributed by atoms with Crippen LogP contribution in [-0.2, 0) is 26.1 Å². The summed E-state index contributed by atoms with van der Waals surface area (Å²) in [7, 11) is -0.693. The van der Waals surface area contributed by atoms with E-state index < -0.39 is 21.7 Å². The van der Waals surface area contributed by atoms with Gasteiger partial charge in [-0.2, -0.15) is 4.31 Å². The van der Waals surface area contributed by atoms with Crippen molar-refractivity contribution >= 4 is 27.1 Å². The van der Waals surface area contributed by atoms with E-state index >= 15 is 0 Å². The van der Waals surface area contributed by atoms with Crippen LogP contribution in [0.3, 0.4) is 0 Å². The quantitative estimate of drug-likeness (QED) is 0.442. The Bertz CT molecular complexity index is 1380. The Labute approximate surface area is 196 Å². The molecule has 1 aliphatic rings. The van der Waals surface area contributed by atoms with Crippen LogP contribution in [0.25, 0.3) is 11.1 Å². The van der Waals surface area contributed by atoms with E-state index in [0.29, 0.717) is 30.0 Å². The van der Waals surface area contributed by atoms with Gasteiger partial charge in [0.1, 0.15) is 18.0 Å². The van der Waals surface area contributed by atoms with Gasteiger partial charge in [-0.25, -0.2) is 13.2 Å². The number of oxazole rings is 1. The highest BCUT2D eigenvalue weighted by molar-refractivity contribution is 7.89. The van der Waals surface area contributed by atoms with E-state index in [9.17, 15) is 18.0 Å². The summed E-state index contributed by atoms with van der Waals surface area (Å²) in [4.78, 5) is 24.0. The molecule has 2 aromatic carbocycles. The Morgan fingerprint density at radius 2 is 1.94 bits per heavy atom. The molecular weight excluding hydrogens is 464 g/mol. The Balaban J connectivity index is 1.60. The molecule has 1 aromatic heterocycles. The lowest BCUT2D eigenvalue weighted by Gasteiger charge is -2.18. The number of fused-ring (bicyclic) bond motifs is 1. The molecule has 4 rings (SSSR count). The first-order chi connectivity index (χ1) is 16.3. The van der Waals surface area contributed by atoms with Gasteiger partial charge in [0.05, 0.1) is 31.2 Å². The molecule has 3 aromatic rings. The highest BCUT2D eigenvalue weighted by Gasteiger charge is 2.35. The number of carbonyl (C=O) groups is 1. The summed E-state index contributed by atoms with van der Waals surface area (Å²) < 4.78 is 50.1. The van der Waals surface area contributed by atoms with Gasteiger partial charge < -0.3 is 18.6 Å². The van der Waals surface area contributed by atoms with Gasteiger partial charge >= 0.3 is 11.7 Å². The van der Waals surface area contributed by atoms with Crippen molar-refractivity contribution in [3.63, 3.8) is 0 Å². The average Bonchev–Trinajstić information content (AvgIpc) is 3.44. The van der Waals surface area contributed by atoms with Gasteiger partial charge in [0.15, 0.2) is 5.58 Å². The molecule has 0 unspecified atom stereocenters. The van der Waals surface area contributed by atoms with Gasteiger partial charge in [0.25, 0.3) is 0 Å². The Kier molecular flexibility index (Phi) is 6.67. The van der Waals surface area contributed by atoms with Gasteiger partial charge in [0.2, 0.25) is 10.0 Å². The summed E-state index contributed by atoms with van der Waals surface area (Å²) in [5.74, 6) is -0.0581. The summed E-state index contributed by atoms with van der Waals surface area (Å²) >= 11 is 0. The summed E-state index contributed by atoms with van der Waals surface area (Å²) in [5, 5.41) is 0. The van der Waals surface area contributed by atoms with E-state index in [0.717, 1.165) is 10.1 Å². The largest absolute Gasteiger partial charge is 0.497 e. The predicted octanol–water partition coefficient (Wildman–Crippen LogP) is 2.35. The normalized spacial score (nSPS) is 16.6. The summed E-state index contributed by atoms with van der Waals surface area (Å²) in [6.07, 6.45) is 0.621. The fraction of sp³-hybridized carbons (Fsp3) is 0.391. The molecule has 0 spiro atoms. The van der Waals surface area contributed by atoms with Crippen LogP contribution in [0.5, 0.6) is 11.5 Å². The SMILES string of the molecule is CCOC(=O)Cn1c(=O)oc2cc(S(=O)(=O)N3CC[C@@H](c4cc(OC)ccc4OC)C3)ccc21. The van der Waals surface area contributed by atoms with Crippen molar-refractivity contribution in [2.45, 2.75) is 30.7 Å². The summed E-state index contributed by atoms with van der Waals surface area (Å²) in [5.41, 5.74) is 1.29. The lowest BCUT2D eigenvalue weighted by Crippen LogP contribution is -2.28. The zero-order chi connectivity index (χ0) is 24.5. The predicted molar refractivity (Wildman–Crippen MR) is 123 cm³/mol. The number of carbonyl (C=O) groups excluding carboxylic acids is 1. The lowest BCUT2D eigenvalue weighted by molar-refractivity contribution is -0.143. The molecule has 1 fully saturated rings. The maximum Gasteiger partial charge on any atom is 0.420 e. The molecule has 182 valence electrons. The number of nitrogens with zero attached hydrogens (tertiary/aromatic N) is 2.